The highest BCUT2D eigenvalue weighted by Gasteiger charge is 2.41. The van der Waals surface area contributed by atoms with E-state index in [1.807, 2.05) is 0 Å². The summed E-state index contributed by atoms with van der Waals surface area (Å²) in [5.41, 5.74) is 3.74. The Balaban J connectivity index is 1.78. The van der Waals surface area contributed by atoms with Crippen molar-refractivity contribution >= 4 is 0 Å². The van der Waals surface area contributed by atoms with Gasteiger partial charge in [-0.05, 0) is 49.9 Å². The van der Waals surface area contributed by atoms with E-state index in [2.05, 4.69) is 62.4 Å². The lowest BCUT2D eigenvalue weighted by Gasteiger charge is -2.39. The van der Waals surface area contributed by atoms with Gasteiger partial charge in [-0.15, -0.1) is 0 Å². The minimum Gasteiger partial charge on any atom is -0.308 e. The van der Waals surface area contributed by atoms with Gasteiger partial charge in [0, 0.05) is 18.1 Å². The van der Waals surface area contributed by atoms with E-state index in [1.54, 1.807) is 0 Å². The Morgan fingerprint density at radius 1 is 1.14 bits per heavy atom. The smallest absolute Gasteiger partial charge is 0.0378 e. The van der Waals surface area contributed by atoms with Crippen molar-refractivity contribution in [2.24, 2.45) is 5.41 Å². The summed E-state index contributed by atoms with van der Waals surface area (Å²) in [5.74, 6) is 0. The van der Waals surface area contributed by atoms with E-state index < -0.39 is 0 Å². The van der Waals surface area contributed by atoms with E-state index in [0.717, 1.165) is 6.54 Å². The summed E-state index contributed by atoms with van der Waals surface area (Å²) in [6.07, 6.45) is 6.62. The summed E-state index contributed by atoms with van der Waals surface area (Å²) in [7, 11) is 4.50. The molecule has 0 radical (unpaired) electrons. The summed E-state index contributed by atoms with van der Waals surface area (Å²) >= 11 is 0. The van der Waals surface area contributed by atoms with Crippen molar-refractivity contribution in [3.8, 4) is 0 Å². The molecule has 21 heavy (non-hydrogen) atoms. The van der Waals surface area contributed by atoms with Crippen LogP contribution in [0.5, 0.6) is 0 Å². The van der Waals surface area contributed by atoms with Crippen LogP contribution in [0.3, 0.4) is 0 Å². The second kappa shape index (κ2) is 5.40. The second-order valence-electron chi connectivity index (χ2n) is 8.00. The normalized spacial score (nSPS) is 26.2. The average Bonchev–Trinajstić information content (AvgIpc) is 2.98. The van der Waals surface area contributed by atoms with Crippen molar-refractivity contribution in [1.29, 1.82) is 0 Å². The number of benzene rings is 1. The maximum atomic E-state index is 3.95. The summed E-state index contributed by atoms with van der Waals surface area (Å²) in [6.45, 7) is 5.92. The maximum Gasteiger partial charge on any atom is 0.0378 e. The van der Waals surface area contributed by atoms with Gasteiger partial charge in [0.1, 0.15) is 0 Å². The molecule has 0 spiro atoms. The Labute approximate surface area is 129 Å². The highest BCUT2D eigenvalue weighted by Crippen LogP contribution is 2.45. The molecule has 3 rings (SSSR count). The molecule has 2 aliphatic carbocycles. The quantitative estimate of drug-likeness (QED) is 0.906. The van der Waals surface area contributed by atoms with Crippen LogP contribution in [-0.4, -0.2) is 31.1 Å². The maximum absolute atomic E-state index is 3.95. The first-order valence-electron chi connectivity index (χ1n) is 8.43. The molecule has 0 bridgehead atoms. The van der Waals surface area contributed by atoms with Gasteiger partial charge in [-0.3, -0.25) is 0 Å². The van der Waals surface area contributed by atoms with Crippen LogP contribution in [0.4, 0.5) is 0 Å². The summed E-state index contributed by atoms with van der Waals surface area (Å²) in [4.78, 5) is 2.46. The Morgan fingerprint density at radius 3 is 2.48 bits per heavy atom. The van der Waals surface area contributed by atoms with Crippen LogP contribution in [0.2, 0.25) is 0 Å². The zero-order valence-corrected chi connectivity index (χ0v) is 14.1. The van der Waals surface area contributed by atoms with Crippen LogP contribution in [-0.2, 0) is 6.42 Å². The summed E-state index contributed by atoms with van der Waals surface area (Å²) in [6, 6.07) is 9.47. The van der Waals surface area contributed by atoms with Crippen LogP contribution in [0.15, 0.2) is 24.3 Å². The number of likely N-dealkylation sites (N-methyl/N-ethyl adjacent to an activating group) is 1. The average molecular weight is 286 g/mol. The van der Waals surface area contributed by atoms with Crippen LogP contribution < -0.4 is 5.32 Å². The molecular weight excluding hydrogens is 256 g/mol. The second-order valence-corrected chi connectivity index (χ2v) is 8.00. The highest BCUT2D eigenvalue weighted by atomic mass is 15.2. The predicted molar refractivity (Wildman–Crippen MR) is 89.6 cm³/mol. The Morgan fingerprint density at radius 2 is 1.81 bits per heavy atom. The zero-order valence-electron chi connectivity index (χ0n) is 14.1. The third-order valence-corrected chi connectivity index (χ3v) is 5.91. The van der Waals surface area contributed by atoms with Gasteiger partial charge in [0.05, 0.1) is 0 Å². The van der Waals surface area contributed by atoms with E-state index in [-0.39, 0.29) is 0 Å². The number of nitrogens with one attached hydrogen (secondary N) is 1. The van der Waals surface area contributed by atoms with Gasteiger partial charge in [0.15, 0.2) is 0 Å². The lowest BCUT2D eigenvalue weighted by molar-refractivity contribution is 0.136. The molecule has 2 aliphatic rings. The first-order valence-corrected chi connectivity index (χ1v) is 8.43. The molecule has 0 aliphatic heterocycles. The fourth-order valence-electron chi connectivity index (χ4n) is 4.48. The first-order chi connectivity index (χ1) is 9.95. The fraction of sp³-hybridized carbons (Fsp3) is 0.684. The summed E-state index contributed by atoms with van der Waals surface area (Å²) < 4.78 is 0. The van der Waals surface area contributed by atoms with E-state index in [9.17, 15) is 0 Å². The zero-order chi connectivity index (χ0) is 15.1. The van der Waals surface area contributed by atoms with Crippen LogP contribution in [0.1, 0.15) is 56.7 Å². The predicted octanol–water partition coefficient (Wildman–Crippen LogP) is 3.77. The minimum atomic E-state index is 0.315. The lowest BCUT2D eigenvalue weighted by Crippen LogP contribution is -2.51. The van der Waals surface area contributed by atoms with Gasteiger partial charge in [-0.25, -0.2) is 0 Å². The molecule has 116 valence electrons. The molecule has 0 saturated heterocycles. The minimum absolute atomic E-state index is 0.315. The monoisotopic (exact) mass is 286 g/mol. The first kappa shape index (κ1) is 15.1. The van der Waals surface area contributed by atoms with E-state index in [0.29, 0.717) is 17.0 Å². The summed E-state index contributed by atoms with van der Waals surface area (Å²) in [5, 5.41) is 3.95. The molecule has 0 amide bonds. The number of hydrogen-bond donors (Lipinski definition) is 1. The van der Waals surface area contributed by atoms with Crippen molar-refractivity contribution in [1.82, 2.24) is 10.2 Å². The van der Waals surface area contributed by atoms with Gasteiger partial charge < -0.3 is 10.2 Å². The van der Waals surface area contributed by atoms with Gasteiger partial charge in [0.25, 0.3) is 0 Å². The number of fused-ring (bicyclic) bond motifs is 1. The van der Waals surface area contributed by atoms with Crippen molar-refractivity contribution in [3.63, 3.8) is 0 Å². The molecule has 1 aromatic carbocycles. The Kier molecular flexibility index (Phi) is 3.87. The van der Waals surface area contributed by atoms with Crippen molar-refractivity contribution in [2.45, 2.75) is 57.5 Å². The van der Waals surface area contributed by atoms with Gasteiger partial charge in [-0.1, -0.05) is 51.0 Å². The molecule has 1 aromatic rings. The van der Waals surface area contributed by atoms with Gasteiger partial charge >= 0.3 is 0 Å². The molecule has 1 N–H and O–H groups in total. The molecule has 1 saturated carbocycles. The van der Waals surface area contributed by atoms with Gasteiger partial charge in [-0.2, -0.15) is 0 Å². The lowest BCUT2D eigenvalue weighted by atomic mass is 9.84. The molecule has 1 unspecified atom stereocenters. The number of rotatable bonds is 4. The van der Waals surface area contributed by atoms with E-state index in [4.69, 9.17) is 0 Å². The Bertz CT molecular complexity index is 498. The number of nitrogens with zero attached hydrogens (tertiary/aromatic N) is 1. The molecule has 1 atom stereocenters. The Hall–Kier alpha value is -0.860. The van der Waals surface area contributed by atoms with Gasteiger partial charge in [0.2, 0.25) is 0 Å². The molecule has 2 heteroatoms. The third kappa shape index (κ3) is 2.64. The molecule has 1 fully saturated rings. The van der Waals surface area contributed by atoms with Crippen LogP contribution in [0, 0.1) is 5.41 Å². The SMILES string of the molecule is CN(C)C1(CNC2c3ccccc3CC2(C)C)CCCC1. The molecule has 0 heterocycles. The van der Waals surface area contributed by atoms with Crippen LogP contribution >= 0.6 is 0 Å². The fourth-order valence-corrected chi connectivity index (χ4v) is 4.48. The molecular formula is C19H30N2. The van der Waals surface area contributed by atoms with Crippen molar-refractivity contribution < 1.29 is 0 Å². The number of hydrogen-bond acceptors (Lipinski definition) is 2. The largest absolute Gasteiger partial charge is 0.308 e. The standard InChI is InChI=1S/C19H30N2/c1-18(2)13-15-9-5-6-10-16(15)17(18)20-14-19(21(3)4)11-7-8-12-19/h5-6,9-10,17,20H,7-8,11-14H2,1-4H3. The van der Waals surface area contributed by atoms with Crippen LogP contribution in [0.25, 0.3) is 0 Å². The topological polar surface area (TPSA) is 15.3 Å². The van der Waals surface area contributed by atoms with E-state index >= 15 is 0 Å². The molecule has 0 aromatic heterocycles. The molecule has 2 nitrogen and oxygen atoms in total. The van der Waals surface area contributed by atoms with Crippen molar-refractivity contribution in [2.75, 3.05) is 20.6 Å². The third-order valence-electron chi connectivity index (χ3n) is 5.91. The highest BCUT2D eigenvalue weighted by molar-refractivity contribution is 5.37. The van der Waals surface area contributed by atoms with E-state index in [1.165, 1.54) is 43.2 Å². The van der Waals surface area contributed by atoms with Crippen molar-refractivity contribution in [3.05, 3.63) is 35.4 Å².